The number of benzene rings is 1. The van der Waals surface area contributed by atoms with Crippen molar-refractivity contribution < 1.29 is 9.53 Å². The smallest absolute Gasteiger partial charge is 0.328 e. The van der Waals surface area contributed by atoms with Crippen LogP contribution in [0.25, 0.3) is 0 Å². The molecule has 2 aromatic rings. The van der Waals surface area contributed by atoms with Gasteiger partial charge in [0.1, 0.15) is 12.3 Å². The van der Waals surface area contributed by atoms with Gasteiger partial charge in [-0.1, -0.05) is 12.1 Å². The van der Waals surface area contributed by atoms with E-state index in [1.165, 1.54) is 10.8 Å². The summed E-state index contributed by atoms with van der Waals surface area (Å²) in [7, 11) is 1.64. The molecule has 1 unspecified atom stereocenters. The van der Waals surface area contributed by atoms with Crippen LogP contribution in [0.15, 0.2) is 40.1 Å². The first-order valence-electron chi connectivity index (χ1n) is 8.88. The number of rotatable bonds is 4. The SMILES string of the molecule is COc1ccccc1N1CCN(C(=O)Cn2cc(C)c(=O)[nH]c2=O)C(C)C1. The van der Waals surface area contributed by atoms with Crippen molar-refractivity contribution in [1.82, 2.24) is 14.5 Å². The number of anilines is 1. The maximum Gasteiger partial charge on any atom is 0.328 e. The molecule has 0 saturated carbocycles. The maximum atomic E-state index is 12.7. The van der Waals surface area contributed by atoms with E-state index in [1.807, 2.05) is 31.2 Å². The van der Waals surface area contributed by atoms with Crippen molar-refractivity contribution in [3.63, 3.8) is 0 Å². The Balaban J connectivity index is 1.71. The molecule has 3 rings (SSSR count). The fraction of sp³-hybridized carbons (Fsp3) is 0.421. The van der Waals surface area contributed by atoms with Crippen LogP contribution in [-0.2, 0) is 11.3 Å². The third-order valence-electron chi connectivity index (χ3n) is 4.87. The second-order valence-corrected chi connectivity index (χ2v) is 6.75. The highest BCUT2D eigenvalue weighted by molar-refractivity contribution is 5.77. The van der Waals surface area contributed by atoms with E-state index in [0.717, 1.165) is 11.4 Å². The number of nitrogens with zero attached hydrogens (tertiary/aromatic N) is 3. The fourth-order valence-electron chi connectivity index (χ4n) is 3.41. The molecule has 1 saturated heterocycles. The summed E-state index contributed by atoms with van der Waals surface area (Å²) >= 11 is 0. The molecule has 27 heavy (non-hydrogen) atoms. The molecule has 1 atom stereocenters. The average molecular weight is 372 g/mol. The van der Waals surface area contributed by atoms with Crippen LogP contribution in [0.5, 0.6) is 5.75 Å². The molecule has 8 nitrogen and oxygen atoms in total. The van der Waals surface area contributed by atoms with Crippen LogP contribution >= 0.6 is 0 Å². The minimum absolute atomic E-state index is 0.0178. The lowest BCUT2D eigenvalue weighted by molar-refractivity contribution is -0.134. The molecular formula is C19H24N4O4. The first-order valence-corrected chi connectivity index (χ1v) is 8.88. The summed E-state index contributed by atoms with van der Waals surface area (Å²) in [6.45, 7) is 5.40. The van der Waals surface area contributed by atoms with Crippen molar-refractivity contribution in [3.05, 3.63) is 56.9 Å². The quantitative estimate of drug-likeness (QED) is 0.849. The zero-order valence-corrected chi connectivity index (χ0v) is 15.8. The molecule has 144 valence electrons. The van der Waals surface area contributed by atoms with E-state index in [2.05, 4.69) is 9.88 Å². The lowest BCUT2D eigenvalue weighted by Crippen LogP contribution is -2.55. The second-order valence-electron chi connectivity index (χ2n) is 6.75. The third kappa shape index (κ3) is 3.89. The Morgan fingerprint density at radius 2 is 2.00 bits per heavy atom. The summed E-state index contributed by atoms with van der Waals surface area (Å²) in [5.74, 6) is 0.662. The Bertz CT molecular complexity index is 949. The number of aryl methyl sites for hydroxylation is 1. The van der Waals surface area contributed by atoms with Crippen LogP contribution in [0.4, 0.5) is 5.69 Å². The van der Waals surface area contributed by atoms with Gasteiger partial charge in [-0.05, 0) is 26.0 Å². The lowest BCUT2D eigenvalue weighted by Gasteiger charge is -2.41. The zero-order chi connectivity index (χ0) is 19.6. The van der Waals surface area contributed by atoms with Crippen molar-refractivity contribution in [3.8, 4) is 5.75 Å². The molecule has 1 aliphatic heterocycles. The summed E-state index contributed by atoms with van der Waals surface area (Å²) in [5, 5.41) is 0. The molecule has 0 spiro atoms. The number of aromatic nitrogens is 2. The summed E-state index contributed by atoms with van der Waals surface area (Å²) in [4.78, 5) is 42.3. The molecule has 0 radical (unpaired) electrons. The van der Waals surface area contributed by atoms with E-state index < -0.39 is 11.2 Å². The summed E-state index contributed by atoms with van der Waals surface area (Å²) in [6.07, 6.45) is 1.43. The zero-order valence-electron chi connectivity index (χ0n) is 15.8. The van der Waals surface area contributed by atoms with E-state index in [4.69, 9.17) is 4.74 Å². The number of piperazine rings is 1. The molecule has 0 bridgehead atoms. The van der Waals surface area contributed by atoms with Gasteiger partial charge in [0.2, 0.25) is 5.91 Å². The van der Waals surface area contributed by atoms with Crippen LogP contribution in [0.1, 0.15) is 12.5 Å². The number of amides is 1. The Kier molecular flexibility index (Phi) is 5.34. The molecule has 1 aromatic carbocycles. The highest BCUT2D eigenvalue weighted by atomic mass is 16.5. The van der Waals surface area contributed by atoms with E-state index in [-0.39, 0.29) is 18.5 Å². The van der Waals surface area contributed by atoms with Crippen molar-refractivity contribution >= 4 is 11.6 Å². The second kappa shape index (κ2) is 7.69. The molecular weight excluding hydrogens is 348 g/mol. The molecule has 1 N–H and O–H groups in total. The standard InChI is InChI=1S/C19H24N4O4/c1-13-10-22(19(26)20-18(13)25)12-17(24)23-9-8-21(11-14(23)2)15-6-4-5-7-16(15)27-3/h4-7,10,14H,8-9,11-12H2,1-3H3,(H,20,25,26). The average Bonchev–Trinajstić information content (AvgIpc) is 2.65. The Hall–Kier alpha value is -3.03. The van der Waals surface area contributed by atoms with E-state index in [0.29, 0.717) is 25.2 Å². The highest BCUT2D eigenvalue weighted by Crippen LogP contribution is 2.29. The minimum atomic E-state index is -0.570. The number of H-pyrrole nitrogens is 1. The number of para-hydroxylation sites is 2. The normalized spacial score (nSPS) is 17.1. The van der Waals surface area contributed by atoms with Gasteiger partial charge in [0.15, 0.2) is 0 Å². The number of carbonyl (C=O) groups is 1. The molecule has 2 heterocycles. The number of aromatic amines is 1. The van der Waals surface area contributed by atoms with Crippen LogP contribution < -0.4 is 20.9 Å². The van der Waals surface area contributed by atoms with Crippen molar-refractivity contribution in [2.75, 3.05) is 31.6 Å². The monoisotopic (exact) mass is 372 g/mol. The van der Waals surface area contributed by atoms with Gasteiger partial charge in [0.05, 0.1) is 12.8 Å². The minimum Gasteiger partial charge on any atom is -0.495 e. The van der Waals surface area contributed by atoms with Gasteiger partial charge in [0.25, 0.3) is 5.56 Å². The highest BCUT2D eigenvalue weighted by Gasteiger charge is 2.28. The Morgan fingerprint density at radius 3 is 2.70 bits per heavy atom. The van der Waals surface area contributed by atoms with Crippen molar-refractivity contribution in [1.29, 1.82) is 0 Å². The molecule has 1 amide bonds. The Morgan fingerprint density at radius 1 is 1.26 bits per heavy atom. The number of methoxy groups -OCH3 is 1. The van der Waals surface area contributed by atoms with Gasteiger partial charge in [-0.25, -0.2) is 4.79 Å². The Labute approximate surface area is 157 Å². The number of nitrogens with one attached hydrogen (secondary N) is 1. The van der Waals surface area contributed by atoms with Gasteiger partial charge >= 0.3 is 5.69 Å². The maximum absolute atomic E-state index is 12.7. The van der Waals surface area contributed by atoms with Gasteiger partial charge < -0.3 is 14.5 Å². The number of hydrogen-bond acceptors (Lipinski definition) is 5. The van der Waals surface area contributed by atoms with Gasteiger partial charge in [-0.15, -0.1) is 0 Å². The van der Waals surface area contributed by atoms with Gasteiger partial charge in [-0.3, -0.25) is 19.1 Å². The van der Waals surface area contributed by atoms with Crippen LogP contribution in [0.2, 0.25) is 0 Å². The molecule has 8 heteroatoms. The predicted molar refractivity (Wildman–Crippen MR) is 102 cm³/mol. The first kappa shape index (κ1) is 18.8. The number of carbonyl (C=O) groups excluding carboxylic acids is 1. The topological polar surface area (TPSA) is 87.6 Å². The molecule has 1 fully saturated rings. The summed E-state index contributed by atoms with van der Waals surface area (Å²) in [6, 6.07) is 7.80. The van der Waals surface area contributed by atoms with E-state index >= 15 is 0 Å². The number of ether oxygens (including phenoxy) is 1. The molecule has 1 aromatic heterocycles. The van der Waals surface area contributed by atoms with E-state index in [9.17, 15) is 14.4 Å². The van der Waals surface area contributed by atoms with Crippen molar-refractivity contribution in [2.24, 2.45) is 0 Å². The van der Waals surface area contributed by atoms with Crippen LogP contribution in [0, 0.1) is 6.92 Å². The largest absolute Gasteiger partial charge is 0.495 e. The van der Waals surface area contributed by atoms with Crippen molar-refractivity contribution in [2.45, 2.75) is 26.4 Å². The summed E-state index contributed by atoms with van der Waals surface area (Å²) in [5.41, 5.74) is 0.407. The lowest BCUT2D eigenvalue weighted by atomic mass is 10.1. The van der Waals surface area contributed by atoms with E-state index in [1.54, 1.807) is 18.9 Å². The van der Waals surface area contributed by atoms with Gasteiger partial charge in [-0.2, -0.15) is 0 Å². The summed E-state index contributed by atoms with van der Waals surface area (Å²) < 4.78 is 6.68. The molecule has 1 aliphatic rings. The van der Waals surface area contributed by atoms with Crippen LogP contribution in [0.3, 0.4) is 0 Å². The molecule has 0 aliphatic carbocycles. The van der Waals surface area contributed by atoms with Crippen LogP contribution in [-0.4, -0.2) is 53.1 Å². The predicted octanol–water partition coefficient (Wildman–Crippen LogP) is 0.591. The van der Waals surface area contributed by atoms with Gasteiger partial charge in [0, 0.05) is 37.4 Å². The first-order chi connectivity index (χ1) is 12.9. The fourth-order valence-corrected chi connectivity index (χ4v) is 3.41. The number of hydrogen-bond donors (Lipinski definition) is 1. The third-order valence-corrected chi connectivity index (χ3v) is 4.87.